The van der Waals surface area contributed by atoms with Crippen molar-refractivity contribution in [2.24, 2.45) is 0 Å². The van der Waals surface area contributed by atoms with Gasteiger partial charge in [-0.2, -0.15) is 5.10 Å². The van der Waals surface area contributed by atoms with Crippen LogP contribution in [0.25, 0.3) is 10.6 Å². The van der Waals surface area contributed by atoms with Crippen molar-refractivity contribution in [3.05, 3.63) is 22.5 Å². The Morgan fingerprint density at radius 2 is 2.55 bits per heavy atom. The van der Waals surface area contributed by atoms with Gasteiger partial charge in [0.15, 0.2) is 3.95 Å². The summed E-state index contributed by atoms with van der Waals surface area (Å²) in [5, 5.41) is 7.55. The minimum atomic E-state index is 0.682. The number of nitrogens with one attached hydrogen (secondary N) is 1. The van der Waals surface area contributed by atoms with Crippen LogP contribution >= 0.6 is 23.6 Å². The van der Waals surface area contributed by atoms with Crippen molar-refractivity contribution in [2.75, 3.05) is 0 Å². The molecule has 0 aromatic carbocycles. The van der Waals surface area contributed by atoms with Crippen LogP contribution < -0.4 is 0 Å². The quantitative estimate of drug-likeness (QED) is 0.692. The molecule has 5 heteroatoms. The lowest BCUT2D eigenvalue weighted by molar-refractivity contribution is 0.568. The Morgan fingerprint density at radius 3 is 3.09 bits per heavy atom. The van der Waals surface area contributed by atoms with E-state index in [1.807, 2.05) is 6.07 Å². The van der Waals surface area contributed by atoms with E-state index in [-0.39, 0.29) is 0 Å². The fourth-order valence-corrected chi connectivity index (χ4v) is 1.61. The van der Waals surface area contributed by atoms with Gasteiger partial charge in [-0.05, 0) is 18.3 Å². The van der Waals surface area contributed by atoms with Gasteiger partial charge >= 0.3 is 0 Å². The normalized spacial score (nSPS) is 10.2. The van der Waals surface area contributed by atoms with Crippen LogP contribution in [0.15, 0.2) is 23.0 Å². The second-order valence-corrected chi connectivity index (χ2v) is 3.60. The van der Waals surface area contributed by atoms with E-state index in [1.54, 1.807) is 12.5 Å². The molecule has 0 atom stereocenters. The molecule has 56 valence electrons. The number of nitrogens with zero attached hydrogens (tertiary/aromatic N) is 1. The molecule has 11 heavy (non-hydrogen) atoms. The Balaban J connectivity index is 2.53. The van der Waals surface area contributed by atoms with Crippen LogP contribution in [0, 0.1) is 3.95 Å². The van der Waals surface area contributed by atoms with E-state index < -0.39 is 0 Å². The second-order valence-electron chi connectivity index (χ2n) is 1.93. The Hall–Kier alpha value is -0.940. The maximum Gasteiger partial charge on any atom is 0.176 e. The highest BCUT2D eigenvalue weighted by Crippen LogP contribution is 2.21. The molecule has 2 heterocycles. The first-order chi connectivity index (χ1) is 5.36. The molecular weight excluding hydrogens is 180 g/mol. The average molecular weight is 184 g/mol. The van der Waals surface area contributed by atoms with E-state index in [1.165, 1.54) is 11.3 Å². The summed E-state index contributed by atoms with van der Waals surface area (Å²) in [6.45, 7) is 0. The van der Waals surface area contributed by atoms with Crippen LogP contribution in [0.2, 0.25) is 0 Å². The number of rotatable bonds is 1. The largest absolute Gasteiger partial charge is 0.472 e. The number of hydrogen-bond acceptors (Lipinski definition) is 4. The van der Waals surface area contributed by atoms with Crippen molar-refractivity contribution in [1.82, 2.24) is 10.2 Å². The molecule has 0 radical (unpaired) electrons. The summed E-state index contributed by atoms with van der Waals surface area (Å²) in [7, 11) is 0. The summed E-state index contributed by atoms with van der Waals surface area (Å²) in [4.78, 5) is 0. The first-order valence-electron chi connectivity index (χ1n) is 2.94. The molecule has 2 aromatic rings. The van der Waals surface area contributed by atoms with Gasteiger partial charge in [0.2, 0.25) is 0 Å². The van der Waals surface area contributed by atoms with Crippen LogP contribution in [-0.2, 0) is 0 Å². The van der Waals surface area contributed by atoms with Crippen molar-refractivity contribution in [2.45, 2.75) is 0 Å². The van der Waals surface area contributed by atoms with E-state index in [0.717, 1.165) is 10.6 Å². The SMILES string of the molecule is S=c1[nH]nc(-c2ccoc2)s1. The lowest BCUT2D eigenvalue weighted by Gasteiger charge is -1.80. The van der Waals surface area contributed by atoms with Crippen LogP contribution in [0.3, 0.4) is 0 Å². The van der Waals surface area contributed by atoms with Crippen molar-refractivity contribution in [3.63, 3.8) is 0 Å². The smallest absolute Gasteiger partial charge is 0.176 e. The van der Waals surface area contributed by atoms with Crippen LogP contribution in [0.5, 0.6) is 0 Å². The van der Waals surface area contributed by atoms with Crippen molar-refractivity contribution < 1.29 is 4.42 Å². The fraction of sp³-hybridized carbons (Fsp3) is 0. The maximum atomic E-state index is 4.90. The Morgan fingerprint density at radius 1 is 1.64 bits per heavy atom. The number of aromatic nitrogens is 2. The maximum absolute atomic E-state index is 4.90. The minimum Gasteiger partial charge on any atom is -0.472 e. The molecule has 0 saturated carbocycles. The van der Waals surface area contributed by atoms with Gasteiger partial charge in [-0.3, -0.25) is 5.10 Å². The van der Waals surface area contributed by atoms with Gasteiger partial charge in [0.1, 0.15) is 11.3 Å². The van der Waals surface area contributed by atoms with Gasteiger partial charge in [0, 0.05) is 0 Å². The monoisotopic (exact) mass is 184 g/mol. The Bertz CT molecular complexity index is 387. The summed E-state index contributed by atoms with van der Waals surface area (Å²) in [6.07, 6.45) is 3.25. The second kappa shape index (κ2) is 2.60. The summed E-state index contributed by atoms with van der Waals surface area (Å²) in [6, 6.07) is 1.85. The molecule has 0 bridgehead atoms. The average Bonchev–Trinajstić information content (AvgIpc) is 2.55. The number of furan rings is 1. The van der Waals surface area contributed by atoms with Gasteiger partial charge in [-0.25, -0.2) is 0 Å². The molecular formula is C6H4N2OS2. The molecule has 0 unspecified atom stereocenters. The highest BCUT2D eigenvalue weighted by atomic mass is 32.1. The van der Waals surface area contributed by atoms with Gasteiger partial charge in [-0.15, -0.1) is 0 Å². The molecule has 0 spiro atoms. The van der Waals surface area contributed by atoms with E-state index in [4.69, 9.17) is 16.6 Å². The molecule has 0 aliphatic heterocycles. The molecule has 2 aromatic heterocycles. The Labute approximate surface area is 71.7 Å². The number of hydrogen-bond donors (Lipinski definition) is 1. The van der Waals surface area contributed by atoms with Crippen LogP contribution in [-0.4, -0.2) is 10.2 Å². The lowest BCUT2D eigenvalue weighted by Crippen LogP contribution is -1.70. The minimum absolute atomic E-state index is 0.682. The molecule has 0 aliphatic carbocycles. The summed E-state index contributed by atoms with van der Waals surface area (Å²) >= 11 is 6.31. The Kier molecular flexibility index (Phi) is 1.59. The van der Waals surface area contributed by atoms with Gasteiger partial charge in [0.05, 0.1) is 11.8 Å². The highest BCUT2D eigenvalue weighted by molar-refractivity contribution is 7.73. The van der Waals surface area contributed by atoms with Crippen molar-refractivity contribution in [3.8, 4) is 10.6 Å². The summed E-state index contributed by atoms with van der Waals surface area (Å²) in [5.74, 6) is 0. The summed E-state index contributed by atoms with van der Waals surface area (Å²) < 4.78 is 5.58. The molecule has 0 fully saturated rings. The van der Waals surface area contributed by atoms with Crippen molar-refractivity contribution in [1.29, 1.82) is 0 Å². The third-order valence-corrected chi connectivity index (χ3v) is 2.34. The zero-order valence-electron chi connectivity index (χ0n) is 5.40. The van der Waals surface area contributed by atoms with Crippen LogP contribution in [0.1, 0.15) is 0 Å². The van der Waals surface area contributed by atoms with E-state index in [9.17, 15) is 0 Å². The molecule has 0 aliphatic rings. The topological polar surface area (TPSA) is 41.8 Å². The first kappa shape index (κ1) is 6.75. The summed E-state index contributed by atoms with van der Waals surface area (Å²) in [5.41, 5.74) is 0.961. The molecule has 0 amide bonds. The van der Waals surface area contributed by atoms with Crippen LogP contribution in [0.4, 0.5) is 0 Å². The van der Waals surface area contributed by atoms with Gasteiger partial charge < -0.3 is 4.42 Å². The zero-order chi connectivity index (χ0) is 7.68. The number of aromatic amines is 1. The van der Waals surface area contributed by atoms with E-state index in [2.05, 4.69) is 10.2 Å². The standard InChI is InChI=1S/C6H4N2OS2/c10-6-8-7-5(11-6)4-1-2-9-3-4/h1-3H,(H,8,10). The molecule has 2 rings (SSSR count). The third-order valence-electron chi connectivity index (χ3n) is 1.21. The zero-order valence-corrected chi connectivity index (χ0v) is 7.04. The van der Waals surface area contributed by atoms with E-state index >= 15 is 0 Å². The molecule has 3 nitrogen and oxygen atoms in total. The predicted molar refractivity (Wildman–Crippen MR) is 45.0 cm³/mol. The van der Waals surface area contributed by atoms with Gasteiger partial charge in [-0.1, -0.05) is 11.3 Å². The lowest BCUT2D eigenvalue weighted by atomic mass is 10.4. The van der Waals surface area contributed by atoms with E-state index in [0.29, 0.717) is 3.95 Å². The molecule has 1 N–H and O–H groups in total. The predicted octanol–water partition coefficient (Wildman–Crippen LogP) is 2.46. The van der Waals surface area contributed by atoms with Crippen molar-refractivity contribution >= 4 is 23.6 Å². The highest BCUT2D eigenvalue weighted by Gasteiger charge is 2.01. The third kappa shape index (κ3) is 1.24. The first-order valence-corrected chi connectivity index (χ1v) is 4.17. The number of H-pyrrole nitrogens is 1. The van der Waals surface area contributed by atoms with Gasteiger partial charge in [0.25, 0.3) is 0 Å². The molecule has 0 saturated heterocycles. The fourth-order valence-electron chi connectivity index (χ4n) is 0.739.